The van der Waals surface area contributed by atoms with E-state index in [-0.39, 0.29) is 31.0 Å². The Hall–Kier alpha value is -0.560. The molecule has 0 bridgehead atoms. The minimum absolute atomic E-state index is 0. The van der Waals surface area contributed by atoms with Gasteiger partial charge >= 0.3 is 0 Å². The predicted octanol–water partition coefficient (Wildman–Crippen LogP) is 3.31. The molecule has 2 saturated heterocycles. The summed E-state index contributed by atoms with van der Waals surface area (Å²) in [5, 5.41) is 0. The van der Waals surface area contributed by atoms with Gasteiger partial charge < -0.3 is 15.4 Å². The summed E-state index contributed by atoms with van der Waals surface area (Å²) in [6.45, 7) is 1.61. The Balaban J connectivity index is 0.00000208. The fourth-order valence-electron chi connectivity index (χ4n) is 2.79. The minimum atomic E-state index is 0. The van der Waals surface area contributed by atoms with E-state index in [0.717, 1.165) is 31.7 Å². The van der Waals surface area contributed by atoms with Gasteiger partial charge in [0.2, 0.25) is 0 Å². The van der Waals surface area contributed by atoms with Gasteiger partial charge in [0.1, 0.15) is 5.75 Å². The van der Waals surface area contributed by atoms with Gasteiger partial charge in [-0.3, -0.25) is 4.79 Å². The van der Waals surface area contributed by atoms with Gasteiger partial charge in [0.15, 0.2) is 6.61 Å². The van der Waals surface area contributed by atoms with E-state index in [0.29, 0.717) is 4.58 Å². The summed E-state index contributed by atoms with van der Waals surface area (Å²) >= 11 is 4.02. The Bertz CT molecular complexity index is 516. The largest absolute Gasteiger partial charge is 0.484 e. The molecule has 2 aliphatic heterocycles. The molecule has 0 saturated carbocycles. The Kier molecular flexibility index (Phi) is 8.07. The molecule has 2 heterocycles. The van der Waals surface area contributed by atoms with Crippen molar-refractivity contribution in [3.05, 3.63) is 29.8 Å². The molecule has 0 radical (unpaired) electrons. The normalized spacial score (nSPS) is 19.6. The second-order valence-corrected chi connectivity index (χ2v) is 8.73. The first kappa shape index (κ1) is 19.8. The van der Waals surface area contributed by atoms with Gasteiger partial charge in [-0.1, -0.05) is 12.1 Å². The molecule has 2 fully saturated rings. The molecule has 1 aromatic rings. The highest BCUT2D eigenvalue weighted by Crippen LogP contribution is 2.43. The SMILES string of the molecule is Cl.NC1CCN(C(=O)COc2ccc(C3SCCCS3)cc2)CC1. The van der Waals surface area contributed by atoms with Crippen LogP contribution in [0.2, 0.25) is 0 Å². The Morgan fingerprint density at radius 3 is 2.42 bits per heavy atom. The number of rotatable bonds is 4. The lowest BCUT2D eigenvalue weighted by Gasteiger charge is -2.30. The molecule has 134 valence electrons. The van der Waals surface area contributed by atoms with E-state index in [1.54, 1.807) is 0 Å². The topological polar surface area (TPSA) is 55.6 Å². The molecule has 1 amide bonds. The number of nitrogens with zero attached hydrogens (tertiary/aromatic N) is 1. The molecular weight excluding hydrogens is 364 g/mol. The van der Waals surface area contributed by atoms with Crippen molar-refractivity contribution in [2.75, 3.05) is 31.2 Å². The van der Waals surface area contributed by atoms with Crippen LogP contribution >= 0.6 is 35.9 Å². The third-order valence-electron chi connectivity index (χ3n) is 4.23. The van der Waals surface area contributed by atoms with Gasteiger partial charge in [0, 0.05) is 19.1 Å². The molecule has 1 aromatic carbocycles. The van der Waals surface area contributed by atoms with Crippen molar-refractivity contribution >= 4 is 41.8 Å². The molecule has 0 aliphatic carbocycles. The van der Waals surface area contributed by atoms with Crippen LogP contribution < -0.4 is 10.5 Å². The molecule has 24 heavy (non-hydrogen) atoms. The van der Waals surface area contributed by atoms with Gasteiger partial charge in [-0.25, -0.2) is 0 Å². The average molecular weight is 389 g/mol. The number of thioether (sulfide) groups is 2. The summed E-state index contributed by atoms with van der Waals surface area (Å²) in [5.41, 5.74) is 7.20. The number of amides is 1. The van der Waals surface area contributed by atoms with Crippen molar-refractivity contribution in [2.45, 2.75) is 29.9 Å². The number of hydrogen-bond acceptors (Lipinski definition) is 5. The second kappa shape index (κ2) is 9.80. The summed E-state index contributed by atoms with van der Waals surface area (Å²) in [6.07, 6.45) is 3.07. The predicted molar refractivity (Wildman–Crippen MR) is 105 cm³/mol. The number of likely N-dealkylation sites (tertiary alicyclic amines) is 1. The lowest BCUT2D eigenvalue weighted by Crippen LogP contribution is -2.44. The Labute approximate surface area is 158 Å². The molecule has 7 heteroatoms. The number of piperidine rings is 1. The third-order valence-corrected chi connectivity index (χ3v) is 7.25. The van der Waals surface area contributed by atoms with Crippen molar-refractivity contribution in [3.8, 4) is 5.75 Å². The monoisotopic (exact) mass is 388 g/mol. The average Bonchev–Trinajstić information content (AvgIpc) is 2.61. The highest BCUT2D eigenvalue weighted by molar-refractivity contribution is 8.16. The molecule has 0 aromatic heterocycles. The van der Waals surface area contributed by atoms with Crippen LogP contribution in [0.3, 0.4) is 0 Å². The maximum atomic E-state index is 12.1. The number of halogens is 1. The van der Waals surface area contributed by atoms with Crippen LogP contribution in [0.1, 0.15) is 29.4 Å². The van der Waals surface area contributed by atoms with E-state index in [9.17, 15) is 4.79 Å². The number of hydrogen-bond donors (Lipinski definition) is 1. The van der Waals surface area contributed by atoms with Crippen molar-refractivity contribution in [3.63, 3.8) is 0 Å². The molecule has 2 aliphatic rings. The number of carbonyl (C=O) groups is 1. The number of nitrogens with two attached hydrogens (primary N) is 1. The Morgan fingerprint density at radius 1 is 1.17 bits per heavy atom. The van der Waals surface area contributed by atoms with Crippen molar-refractivity contribution < 1.29 is 9.53 Å². The van der Waals surface area contributed by atoms with E-state index in [1.807, 2.05) is 40.6 Å². The van der Waals surface area contributed by atoms with Gasteiger partial charge in [-0.2, -0.15) is 0 Å². The zero-order valence-corrected chi connectivity index (χ0v) is 16.1. The first-order valence-corrected chi connectivity index (χ1v) is 10.3. The van der Waals surface area contributed by atoms with Crippen LogP contribution in [-0.4, -0.2) is 48.1 Å². The summed E-state index contributed by atoms with van der Waals surface area (Å²) in [6, 6.07) is 8.43. The lowest BCUT2D eigenvalue weighted by molar-refractivity contribution is -0.134. The Morgan fingerprint density at radius 2 is 1.79 bits per heavy atom. The molecule has 0 spiro atoms. The molecule has 0 unspecified atom stereocenters. The van der Waals surface area contributed by atoms with E-state index < -0.39 is 0 Å². The summed E-state index contributed by atoms with van der Waals surface area (Å²) in [4.78, 5) is 14.0. The molecule has 2 N–H and O–H groups in total. The first-order chi connectivity index (χ1) is 11.2. The van der Waals surface area contributed by atoms with Gasteiger partial charge in [0.25, 0.3) is 5.91 Å². The van der Waals surface area contributed by atoms with Crippen LogP contribution in [0.4, 0.5) is 0 Å². The van der Waals surface area contributed by atoms with Crippen LogP contribution in [-0.2, 0) is 4.79 Å². The zero-order chi connectivity index (χ0) is 16.1. The van der Waals surface area contributed by atoms with Gasteiger partial charge in [-0.15, -0.1) is 35.9 Å². The van der Waals surface area contributed by atoms with Crippen LogP contribution in [0, 0.1) is 0 Å². The van der Waals surface area contributed by atoms with E-state index in [1.165, 1.54) is 23.5 Å². The fourth-order valence-corrected chi connectivity index (χ4v) is 5.68. The standard InChI is InChI=1S/C17H24N2O2S2.ClH/c18-14-6-8-19(9-7-14)16(20)12-21-15-4-2-13(3-5-15)17-22-10-1-11-23-17;/h2-5,14,17H,1,6-12,18H2;1H. The first-order valence-electron chi connectivity index (χ1n) is 8.22. The van der Waals surface area contributed by atoms with Gasteiger partial charge in [-0.05, 0) is 48.5 Å². The summed E-state index contributed by atoms with van der Waals surface area (Å²) in [5.74, 6) is 3.30. The van der Waals surface area contributed by atoms with Crippen molar-refractivity contribution in [1.82, 2.24) is 4.90 Å². The molecule has 3 rings (SSSR count). The highest BCUT2D eigenvalue weighted by Gasteiger charge is 2.21. The molecule has 0 atom stereocenters. The maximum absolute atomic E-state index is 12.1. The summed E-state index contributed by atoms with van der Waals surface area (Å²) in [7, 11) is 0. The van der Waals surface area contributed by atoms with Crippen LogP contribution in [0.5, 0.6) is 5.75 Å². The third kappa shape index (κ3) is 5.48. The minimum Gasteiger partial charge on any atom is -0.484 e. The van der Waals surface area contributed by atoms with E-state index >= 15 is 0 Å². The molecule has 4 nitrogen and oxygen atoms in total. The lowest BCUT2D eigenvalue weighted by atomic mass is 10.1. The highest BCUT2D eigenvalue weighted by atomic mass is 35.5. The zero-order valence-electron chi connectivity index (χ0n) is 13.7. The summed E-state index contributed by atoms with van der Waals surface area (Å²) < 4.78 is 6.19. The fraction of sp³-hybridized carbons (Fsp3) is 0.588. The molecular formula is C17H25ClN2O2S2. The van der Waals surface area contributed by atoms with Crippen LogP contribution in [0.25, 0.3) is 0 Å². The quantitative estimate of drug-likeness (QED) is 0.857. The van der Waals surface area contributed by atoms with E-state index in [4.69, 9.17) is 10.5 Å². The van der Waals surface area contributed by atoms with Crippen molar-refractivity contribution in [2.24, 2.45) is 5.73 Å². The van der Waals surface area contributed by atoms with E-state index in [2.05, 4.69) is 12.1 Å². The number of benzene rings is 1. The number of ether oxygens (including phenoxy) is 1. The maximum Gasteiger partial charge on any atom is 0.260 e. The van der Waals surface area contributed by atoms with Gasteiger partial charge in [0.05, 0.1) is 4.58 Å². The second-order valence-electron chi connectivity index (χ2n) is 6.00. The number of carbonyl (C=O) groups excluding carboxylic acids is 1. The smallest absolute Gasteiger partial charge is 0.260 e. The van der Waals surface area contributed by atoms with Crippen molar-refractivity contribution in [1.29, 1.82) is 0 Å². The van der Waals surface area contributed by atoms with Crippen LogP contribution in [0.15, 0.2) is 24.3 Å².